The monoisotopic (exact) mass is 309 g/mol. The molecule has 0 N–H and O–H groups in total. The molecule has 0 aliphatic rings. The molecule has 2 rings (SSSR count). The van der Waals surface area contributed by atoms with E-state index in [-0.39, 0.29) is 29.6 Å². The molecule has 0 spiro atoms. The van der Waals surface area contributed by atoms with Crippen LogP contribution in [0.3, 0.4) is 0 Å². The van der Waals surface area contributed by atoms with E-state index in [9.17, 15) is 19.7 Å². The number of carbonyl (C=O) groups is 1. The lowest BCUT2D eigenvalue weighted by molar-refractivity contribution is -0.384. The molecular formula is C13H11NO8. The molecule has 2 aromatic rings. The number of nitrogens with zero attached hydrogens (tertiary/aromatic N) is 1. The Balaban J connectivity index is 1.92. The molecule has 0 atom stereocenters. The summed E-state index contributed by atoms with van der Waals surface area (Å²) < 4.78 is 19.0. The van der Waals surface area contributed by atoms with Crippen LogP contribution in [-0.2, 0) is 17.8 Å². The Hall–Kier alpha value is -3.10. The maximum absolute atomic E-state index is 11.5. The molecule has 0 fully saturated rings. The number of carbonyl (C=O) groups excluding carboxylic acids is 1. The molecule has 0 aliphatic heterocycles. The lowest BCUT2D eigenvalue weighted by Gasteiger charge is -2.04. The molecular weight excluding hydrogens is 298 g/mol. The van der Waals surface area contributed by atoms with Gasteiger partial charge in [-0.3, -0.25) is 10.1 Å². The molecule has 0 saturated carbocycles. The first-order valence-corrected chi connectivity index (χ1v) is 6.20. The van der Waals surface area contributed by atoms with Crippen molar-refractivity contribution in [2.75, 3.05) is 0 Å². The maximum Gasteiger partial charge on any atom is 0.519 e. The second-order valence-electron chi connectivity index (χ2n) is 4.05. The van der Waals surface area contributed by atoms with Crippen LogP contribution < -0.4 is 10.6 Å². The largest absolute Gasteiger partial charge is 0.519 e. The molecule has 0 aliphatic carbocycles. The normalized spacial score (nSPS) is 10.2. The van der Waals surface area contributed by atoms with E-state index in [0.717, 1.165) is 0 Å². The van der Waals surface area contributed by atoms with Gasteiger partial charge in [0, 0.05) is 18.6 Å². The third kappa shape index (κ3) is 3.72. The smallest absolute Gasteiger partial charge is 0.426 e. The first-order valence-electron chi connectivity index (χ1n) is 6.20. The number of nitro benzene ring substituents is 1. The summed E-state index contributed by atoms with van der Waals surface area (Å²) >= 11 is 0. The molecule has 1 heterocycles. The molecule has 0 amide bonds. The van der Waals surface area contributed by atoms with Crippen LogP contribution in [0.25, 0.3) is 0 Å². The fraction of sp³-hybridized carbons (Fsp3) is 0.231. The van der Waals surface area contributed by atoms with Crippen molar-refractivity contribution in [1.29, 1.82) is 0 Å². The van der Waals surface area contributed by atoms with Gasteiger partial charge in [0.2, 0.25) is 0 Å². The van der Waals surface area contributed by atoms with E-state index in [0.29, 0.717) is 6.42 Å². The van der Waals surface area contributed by atoms with Gasteiger partial charge in [0.05, 0.1) is 4.92 Å². The molecule has 0 saturated heterocycles. The topological polar surface area (TPSA) is 122 Å². The molecule has 0 unspecified atom stereocenters. The second kappa shape index (κ2) is 6.57. The Labute approximate surface area is 123 Å². The number of nitro groups is 1. The van der Waals surface area contributed by atoms with Gasteiger partial charge in [0.1, 0.15) is 5.75 Å². The molecule has 22 heavy (non-hydrogen) atoms. The summed E-state index contributed by atoms with van der Waals surface area (Å²) in [5.74, 6) is -0.402. The van der Waals surface area contributed by atoms with Gasteiger partial charge in [0.15, 0.2) is 18.1 Å². The van der Waals surface area contributed by atoms with Gasteiger partial charge in [-0.05, 0) is 12.1 Å². The number of hydrogen-bond donors (Lipinski definition) is 0. The zero-order valence-corrected chi connectivity index (χ0v) is 11.4. The zero-order chi connectivity index (χ0) is 16.1. The van der Waals surface area contributed by atoms with Crippen molar-refractivity contribution < 1.29 is 28.0 Å². The van der Waals surface area contributed by atoms with Gasteiger partial charge in [-0.1, -0.05) is 6.92 Å². The molecule has 9 heteroatoms. The van der Waals surface area contributed by atoms with Crippen LogP contribution in [-0.4, -0.2) is 11.1 Å². The summed E-state index contributed by atoms with van der Waals surface area (Å²) in [6.07, 6.45) is -0.637. The Morgan fingerprint density at radius 3 is 2.45 bits per heavy atom. The Kier molecular flexibility index (Phi) is 4.57. The number of aryl methyl sites for hydroxylation is 1. The number of benzene rings is 1. The Morgan fingerprint density at radius 1 is 1.23 bits per heavy atom. The van der Waals surface area contributed by atoms with E-state index in [1.807, 2.05) is 0 Å². The average molecular weight is 309 g/mol. The maximum atomic E-state index is 11.5. The lowest BCUT2D eigenvalue weighted by atomic mass is 10.3. The number of non-ortho nitro benzene ring substituents is 1. The Bertz CT molecular complexity index is 727. The molecule has 9 nitrogen and oxygen atoms in total. The van der Waals surface area contributed by atoms with Crippen LogP contribution >= 0.6 is 0 Å². The van der Waals surface area contributed by atoms with E-state index < -0.39 is 16.9 Å². The zero-order valence-electron chi connectivity index (χ0n) is 11.4. The summed E-state index contributed by atoms with van der Waals surface area (Å²) in [6, 6.07) is 4.89. The summed E-state index contributed by atoms with van der Waals surface area (Å²) in [5.41, 5.74) is -0.131. The number of rotatable bonds is 5. The van der Waals surface area contributed by atoms with Crippen LogP contribution in [0.2, 0.25) is 0 Å². The van der Waals surface area contributed by atoms with Gasteiger partial charge in [-0.15, -0.1) is 0 Å². The van der Waals surface area contributed by atoms with Crippen molar-refractivity contribution in [3.63, 3.8) is 0 Å². The minimum Gasteiger partial charge on any atom is -0.426 e. The molecule has 0 bridgehead atoms. The van der Waals surface area contributed by atoms with Gasteiger partial charge in [-0.2, -0.15) is 0 Å². The summed E-state index contributed by atoms with van der Waals surface area (Å²) in [6.45, 7) is 1.42. The van der Waals surface area contributed by atoms with E-state index in [2.05, 4.69) is 0 Å². The van der Waals surface area contributed by atoms with Crippen molar-refractivity contribution in [2.24, 2.45) is 0 Å². The van der Waals surface area contributed by atoms with Crippen LogP contribution in [0.4, 0.5) is 10.5 Å². The highest BCUT2D eigenvalue weighted by molar-refractivity contribution is 5.64. The molecule has 1 aromatic heterocycles. The second-order valence-corrected chi connectivity index (χ2v) is 4.05. The summed E-state index contributed by atoms with van der Waals surface area (Å²) in [4.78, 5) is 32.3. The van der Waals surface area contributed by atoms with Crippen LogP contribution in [0.5, 0.6) is 5.75 Å². The van der Waals surface area contributed by atoms with Crippen LogP contribution in [0.1, 0.15) is 18.4 Å². The average Bonchev–Trinajstić information content (AvgIpc) is 2.86. The van der Waals surface area contributed by atoms with Crippen LogP contribution in [0.15, 0.2) is 37.9 Å². The van der Waals surface area contributed by atoms with Gasteiger partial charge >= 0.3 is 12.0 Å². The van der Waals surface area contributed by atoms with Crippen LogP contribution in [0, 0.1) is 10.1 Å². The fourth-order valence-electron chi connectivity index (χ4n) is 1.60. The van der Waals surface area contributed by atoms with Crippen molar-refractivity contribution in [1.82, 2.24) is 0 Å². The van der Waals surface area contributed by atoms with Crippen molar-refractivity contribution >= 4 is 11.8 Å². The molecule has 0 radical (unpaired) electrons. The van der Waals surface area contributed by atoms with E-state index in [1.165, 1.54) is 24.3 Å². The van der Waals surface area contributed by atoms with Crippen molar-refractivity contribution in [3.05, 3.63) is 56.5 Å². The Morgan fingerprint density at radius 2 is 1.86 bits per heavy atom. The third-order valence-electron chi connectivity index (χ3n) is 2.62. The highest BCUT2D eigenvalue weighted by Crippen LogP contribution is 2.18. The minimum absolute atomic E-state index is 0.0833. The quantitative estimate of drug-likeness (QED) is 0.357. The summed E-state index contributed by atoms with van der Waals surface area (Å²) in [5, 5.41) is 10.5. The highest BCUT2D eigenvalue weighted by Gasteiger charge is 2.15. The standard InChI is InChI=1S/C13H11NO8/c1-2-10-11(22-13(16)21-10)7-19-12(15)20-9-5-3-8(4-6-9)14(17)18/h3-6H,2,7H2,1H3. The van der Waals surface area contributed by atoms with Gasteiger partial charge < -0.3 is 18.3 Å². The van der Waals surface area contributed by atoms with E-state index in [1.54, 1.807) is 6.92 Å². The predicted octanol–water partition coefficient (Wildman–Crippen LogP) is 2.42. The number of ether oxygens (including phenoxy) is 2. The van der Waals surface area contributed by atoms with E-state index >= 15 is 0 Å². The first kappa shape index (κ1) is 15.3. The van der Waals surface area contributed by atoms with E-state index in [4.69, 9.17) is 18.3 Å². The highest BCUT2D eigenvalue weighted by atomic mass is 16.7. The first-order chi connectivity index (χ1) is 10.5. The lowest BCUT2D eigenvalue weighted by Crippen LogP contribution is -2.10. The van der Waals surface area contributed by atoms with Gasteiger partial charge in [0.25, 0.3) is 5.69 Å². The predicted molar refractivity (Wildman–Crippen MR) is 70.5 cm³/mol. The van der Waals surface area contributed by atoms with Crippen molar-refractivity contribution in [3.8, 4) is 5.75 Å². The minimum atomic E-state index is -1.04. The summed E-state index contributed by atoms with van der Waals surface area (Å²) in [7, 11) is 0. The number of hydrogen-bond acceptors (Lipinski definition) is 8. The molecule has 116 valence electrons. The fourth-order valence-corrected chi connectivity index (χ4v) is 1.60. The molecule has 1 aromatic carbocycles. The third-order valence-corrected chi connectivity index (χ3v) is 2.62. The SMILES string of the molecule is CCc1oc(=O)oc1COC(=O)Oc1ccc([N+](=O)[O-])cc1. The van der Waals surface area contributed by atoms with Crippen molar-refractivity contribution in [2.45, 2.75) is 20.0 Å². The van der Waals surface area contributed by atoms with Gasteiger partial charge in [-0.25, -0.2) is 9.59 Å².